The first-order valence-electron chi connectivity index (χ1n) is 6.50. The summed E-state index contributed by atoms with van der Waals surface area (Å²) in [6, 6.07) is 7.83. The molecule has 1 aliphatic rings. The number of nitrogens with zero attached hydrogens (tertiary/aromatic N) is 1. The number of nitrogens with one attached hydrogen (secondary N) is 2. The topological polar surface area (TPSA) is 97.4 Å². The van der Waals surface area contributed by atoms with Gasteiger partial charge in [0.15, 0.2) is 6.61 Å². The van der Waals surface area contributed by atoms with Gasteiger partial charge in [0.25, 0.3) is 5.91 Å². The highest BCUT2D eigenvalue weighted by molar-refractivity contribution is 7.89. The van der Waals surface area contributed by atoms with Crippen molar-refractivity contribution in [2.45, 2.75) is 11.4 Å². The van der Waals surface area contributed by atoms with Crippen LogP contribution >= 0.6 is 0 Å². The minimum Gasteiger partial charge on any atom is -0.482 e. The van der Waals surface area contributed by atoms with E-state index in [0.29, 0.717) is 11.4 Å². The van der Waals surface area contributed by atoms with E-state index in [1.807, 2.05) is 0 Å². The lowest BCUT2D eigenvalue weighted by atomic mass is 10.2. The highest BCUT2D eigenvalue weighted by Gasteiger charge is 2.20. The van der Waals surface area contributed by atoms with Gasteiger partial charge in [-0.2, -0.15) is 0 Å². The van der Waals surface area contributed by atoms with Gasteiger partial charge in [0.1, 0.15) is 5.75 Å². The standard InChI is InChI=1S/C14H13N3O4S/c18-14-9-21-13-4-3-11(6-12(13)17-14)22(19,20)16-8-10-2-1-5-15-7-10/h1-7,16H,8-9H2,(H,17,18). The molecule has 7 nitrogen and oxygen atoms in total. The molecule has 0 fully saturated rings. The highest BCUT2D eigenvalue weighted by atomic mass is 32.2. The van der Waals surface area contributed by atoms with Crippen LogP contribution < -0.4 is 14.8 Å². The normalized spacial score (nSPS) is 13.9. The lowest BCUT2D eigenvalue weighted by molar-refractivity contribution is -0.118. The number of pyridine rings is 1. The maximum absolute atomic E-state index is 12.3. The number of ether oxygens (including phenoxy) is 1. The maximum atomic E-state index is 12.3. The van der Waals surface area contributed by atoms with Gasteiger partial charge in [0.05, 0.1) is 10.6 Å². The zero-order valence-electron chi connectivity index (χ0n) is 11.4. The molecule has 0 saturated heterocycles. The summed E-state index contributed by atoms with van der Waals surface area (Å²) < 4.78 is 32.3. The second-order valence-electron chi connectivity index (χ2n) is 4.68. The number of hydrogen-bond acceptors (Lipinski definition) is 5. The molecule has 0 atom stereocenters. The molecule has 0 bridgehead atoms. The van der Waals surface area contributed by atoms with Crippen LogP contribution in [0.1, 0.15) is 5.56 Å². The van der Waals surface area contributed by atoms with Crippen LogP contribution in [0.2, 0.25) is 0 Å². The van der Waals surface area contributed by atoms with E-state index in [9.17, 15) is 13.2 Å². The predicted octanol–water partition coefficient (Wildman–Crippen LogP) is 0.891. The van der Waals surface area contributed by atoms with E-state index in [1.54, 1.807) is 24.5 Å². The molecule has 1 amide bonds. The molecule has 1 aromatic carbocycles. The van der Waals surface area contributed by atoms with Gasteiger partial charge in [-0.3, -0.25) is 9.78 Å². The van der Waals surface area contributed by atoms with Crippen LogP contribution in [0.3, 0.4) is 0 Å². The number of anilines is 1. The van der Waals surface area contributed by atoms with Crippen molar-refractivity contribution in [3.8, 4) is 5.75 Å². The van der Waals surface area contributed by atoms with Gasteiger partial charge in [0, 0.05) is 18.9 Å². The SMILES string of the molecule is O=C1COc2ccc(S(=O)(=O)NCc3cccnc3)cc2N1. The van der Waals surface area contributed by atoms with E-state index in [1.165, 1.54) is 18.2 Å². The number of carbonyl (C=O) groups is 1. The van der Waals surface area contributed by atoms with Gasteiger partial charge < -0.3 is 10.1 Å². The van der Waals surface area contributed by atoms with Crippen molar-refractivity contribution in [2.75, 3.05) is 11.9 Å². The average Bonchev–Trinajstić information content (AvgIpc) is 2.53. The zero-order valence-corrected chi connectivity index (χ0v) is 12.3. The van der Waals surface area contributed by atoms with E-state index in [4.69, 9.17) is 4.74 Å². The summed E-state index contributed by atoms with van der Waals surface area (Å²) in [7, 11) is -3.69. The molecule has 3 rings (SSSR count). The Morgan fingerprint density at radius 3 is 2.95 bits per heavy atom. The lowest BCUT2D eigenvalue weighted by Crippen LogP contribution is -2.27. The second-order valence-corrected chi connectivity index (χ2v) is 6.45. The van der Waals surface area contributed by atoms with E-state index >= 15 is 0 Å². The van der Waals surface area contributed by atoms with E-state index in [2.05, 4.69) is 15.0 Å². The van der Waals surface area contributed by atoms with E-state index < -0.39 is 10.0 Å². The Labute approximate surface area is 127 Å². The summed E-state index contributed by atoms with van der Waals surface area (Å²) in [5.74, 6) is 0.135. The molecule has 2 N–H and O–H groups in total. The Kier molecular flexibility index (Phi) is 3.78. The first kappa shape index (κ1) is 14.5. The largest absolute Gasteiger partial charge is 0.482 e. The van der Waals surface area contributed by atoms with E-state index in [0.717, 1.165) is 5.56 Å². The number of amides is 1. The molecule has 1 aromatic heterocycles. The Bertz CT molecular complexity index is 806. The van der Waals surface area contributed by atoms with Crippen LogP contribution in [0, 0.1) is 0 Å². The van der Waals surface area contributed by atoms with Crippen molar-refractivity contribution in [3.05, 3.63) is 48.3 Å². The Balaban J connectivity index is 1.80. The number of rotatable bonds is 4. The molecule has 114 valence electrons. The van der Waals surface area contributed by atoms with Crippen LogP contribution in [0.25, 0.3) is 0 Å². The fourth-order valence-corrected chi connectivity index (χ4v) is 3.04. The molecule has 2 aromatic rings. The number of sulfonamides is 1. The number of benzene rings is 1. The van der Waals surface area contributed by atoms with Crippen molar-refractivity contribution in [2.24, 2.45) is 0 Å². The third-order valence-electron chi connectivity index (χ3n) is 3.08. The number of aromatic nitrogens is 1. The van der Waals surface area contributed by atoms with Crippen molar-refractivity contribution in [3.63, 3.8) is 0 Å². The van der Waals surface area contributed by atoms with Crippen LogP contribution in [0.5, 0.6) is 5.75 Å². The Hall–Kier alpha value is -2.45. The highest BCUT2D eigenvalue weighted by Crippen LogP contribution is 2.29. The quantitative estimate of drug-likeness (QED) is 0.872. The van der Waals surface area contributed by atoms with Crippen LogP contribution in [-0.2, 0) is 21.4 Å². The van der Waals surface area contributed by atoms with Gasteiger partial charge in [-0.25, -0.2) is 13.1 Å². The fourth-order valence-electron chi connectivity index (χ4n) is 1.99. The second kappa shape index (κ2) is 5.74. The van der Waals surface area contributed by atoms with Gasteiger partial charge in [0.2, 0.25) is 10.0 Å². The molecule has 8 heteroatoms. The van der Waals surface area contributed by atoms with Crippen LogP contribution in [0.4, 0.5) is 5.69 Å². The smallest absolute Gasteiger partial charge is 0.262 e. The van der Waals surface area contributed by atoms with E-state index in [-0.39, 0.29) is 24.0 Å². The van der Waals surface area contributed by atoms with Crippen LogP contribution in [0.15, 0.2) is 47.6 Å². The van der Waals surface area contributed by atoms with Gasteiger partial charge in [-0.1, -0.05) is 6.07 Å². The summed E-state index contributed by atoms with van der Waals surface area (Å²) in [4.78, 5) is 15.3. The summed E-state index contributed by atoms with van der Waals surface area (Å²) in [6.07, 6.45) is 3.20. The molecule has 0 aliphatic carbocycles. The van der Waals surface area contributed by atoms with Crippen molar-refractivity contribution < 1.29 is 17.9 Å². The molecule has 0 spiro atoms. The van der Waals surface area contributed by atoms with Crippen molar-refractivity contribution in [1.29, 1.82) is 0 Å². The fraction of sp³-hybridized carbons (Fsp3) is 0.143. The third kappa shape index (κ3) is 3.07. The summed E-state index contributed by atoms with van der Waals surface area (Å²) in [5, 5.41) is 2.58. The number of fused-ring (bicyclic) bond motifs is 1. The molecule has 0 unspecified atom stereocenters. The van der Waals surface area contributed by atoms with Crippen molar-refractivity contribution >= 4 is 21.6 Å². The summed E-state index contributed by atoms with van der Waals surface area (Å²) >= 11 is 0. The van der Waals surface area contributed by atoms with Gasteiger partial charge in [-0.05, 0) is 29.8 Å². The maximum Gasteiger partial charge on any atom is 0.262 e. The predicted molar refractivity (Wildman–Crippen MR) is 78.8 cm³/mol. The Morgan fingerprint density at radius 2 is 2.18 bits per heavy atom. The number of hydrogen-bond donors (Lipinski definition) is 2. The number of carbonyl (C=O) groups excluding carboxylic acids is 1. The molecular formula is C14H13N3O4S. The zero-order chi connectivity index (χ0) is 15.6. The lowest BCUT2D eigenvalue weighted by Gasteiger charge is -2.18. The van der Waals surface area contributed by atoms with Crippen LogP contribution in [-0.4, -0.2) is 25.9 Å². The first-order valence-corrected chi connectivity index (χ1v) is 7.98. The third-order valence-corrected chi connectivity index (χ3v) is 4.48. The van der Waals surface area contributed by atoms with Gasteiger partial charge in [-0.15, -0.1) is 0 Å². The monoisotopic (exact) mass is 319 g/mol. The average molecular weight is 319 g/mol. The molecule has 22 heavy (non-hydrogen) atoms. The minimum absolute atomic E-state index is 0.0564. The first-order chi connectivity index (χ1) is 10.5. The Morgan fingerprint density at radius 1 is 1.32 bits per heavy atom. The summed E-state index contributed by atoms with van der Waals surface area (Å²) in [6.45, 7) is 0.0640. The molecule has 0 radical (unpaired) electrons. The minimum atomic E-state index is -3.69. The van der Waals surface area contributed by atoms with Crippen molar-refractivity contribution in [1.82, 2.24) is 9.71 Å². The molecule has 1 aliphatic heterocycles. The summed E-state index contributed by atoms with van der Waals surface area (Å²) in [5.41, 5.74) is 1.10. The van der Waals surface area contributed by atoms with Gasteiger partial charge >= 0.3 is 0 Å². The molecule has 2 heterocycles. The molecule has 0 saturated carbocycles. The molecular weight excluding hydrogens is 306 g/mol.